The van der Waals surface area contributed by atoms with Crippen LogP contribution in [-0.2, 0) is 18.3 Å². The molecule has 4 heterocycles. The summed E-state index contributed by atoms with van der Waals surface area (Å²) in [4.78, 5) is 21.5. The minimum absolute atomic E-state index is 0.0770. The topological polar surface area (TPSA) is 161 Å². The average molecular weight is 328 g/mol. The number of hydrogen-bond donors (Lipinski definition) is 3. The fraction of sp³-hybridized carbons (Fsp3) is 0.500. The summed E-state index contributed by atoms with van der Waals surface area (Å²) in [7, 11) is -4.08. The highest BCUT2D eigenvalue weighted by molar-refractivity contribution is 7.47. The van der Waals surface area contributed by atoms with Crippen molar-refractivity contribution in [2.45, 2.75) is 24.5 Å². The Morgan fingerprint density at radius 2 is 2.23 bits per heavy atom. The van der Waals surface area contributed by atoms with Crippen LogP contribution >= 0.6 is 7.82 Å². The van der Waals surface area contributed by atoms with Crippen LogP contribution in [-0.4, -0.2) is 49.3 Å². The third kappa shape index (κ3) is 2.02. The number of fused-ring (bicyclic) bond motifs is 2. The van der Waals surface area contributed by atoms with Gasteiger partial charge in [-0.1, -0.05) is 0 Å². The lowest BCUT2D eigenvalue weighted by atomic mass is 10.1. The van der Waals surface area contributed by atoms with E-state index in [1.54, 1.807) is 4.57 Å². The fourth-order valence-corrected chi connectivity index (χ4v) is 3.67. The second-order valence-electron chi connectivity index (χ2n) is 5.06. The maximum absolute atomic E-state index is 11.5. The van der Waals surface area contributed by atoms with Crippen LogP contribution in [0.25, 0.3) is 11.2 Å². The van der Waals surface area contributed by atoms with Crippen molar-refractivity contribution in [3.8, 4) is 0 Å². The van der Waals surface area contributed by atoms with E-state index < -0.39 is 32.3 Å². The number of nitrogens with two attached hydrogens (primary N) is 2. The number of hydrogen-bond acceptors (Lipinski definition) is 9. The number of nitrogen functional groups attached to an aromatic ring is 1. The first kappa shape index (κ1) is 14.0. The Balaban J connectivity index is 1.71. The SMILES string of the molecule is Nc1ncnc2c1ncn2[C@@H]1O[C@@H]2COP(=O)(O)O[C@H]2[C@H]1N. The van der Waals surface area contributed by atoms with Crippen LogP contribution in [0.5, 0.6) is 0 Å². The van der Waals surface area contributed by atoms with Gasteiger partial charge in [-0.25, -0.2) is 19.5 Å². The van der Waals surface area contributed by atoms with Gasteiger partial charge in [0.15, 0.2) is 17.7 Å². The minimum Gasteiger partial charge on any atom is -0.382 e. The molecule has 2 aliphatic heterocycles. The highest BCUT2D eigenvalue weighted by Crippen LogP contribution is 2.52. The lowest BCUT2D eigenvalue weighted by Gasteiger charge is -2.28. The molecular weight excluding hydrogens is 315 g/mol. The molecule has 2 saturated heterocycles. The minimum atomic E-state index is -4.08. The normalized spacial score (nSPS) is 38.3. The second kappa shape index (κ2) is 4.69. The van der Waals surface area contributed by atoms with Crippen LogP contribution in [0, 0.1) is 0 Å². The number of aromatic nitrogens is 4. The second-order valence-corrected chi connectivity index (χ2v) is 6.47. The van der Waals surface area contributed by atoms with Crippen molar-refractivity contribution < 1.29 is 23.2 Å². The first-order chi connectivity index (χ1) is 10.5. The molecular formula is C10H13N6O5P. The molecule has 12 heteroatoms. The summed E-state index contributed by atoms with van der Waals surface area (Å²) in [6.07, 6.45) is 0.815. The molecule has 0 aromatic carbocycles. The monoisotopic (exact) mass is 328 g/mol. The number of rotatable bonds is 1. The van der Waals surface area contributed by atoms with E-state index in [1.807, 2.05) is 0 Å². The van der Waals surface area contributed by atoms with Crippen molar-refractivity contribution in [3.63, 3.8) is 0 Å². The van der Waals surface area contributed by atoms with Gasteiger partial charge in [-0.15, -0.1) is 0 Å². The smallest absolute Gasteiger partial charge is 0.382 e. The lowest BCUT2D eigenvalue weighted by molar-refractivity contribution is -0.0662. The summed E-state index contributed by atoms with van der Waals surface area (Å²) in [6.45, 7) is -0.0770. The van der Waals surface area contributed by atoms with E-state index in [9.17, 15) is 9.46 Å². The molecule has 22 heavy (non-hydrogen) atoms. The van der Waals surface area contributed by atoms with Crippen molar-refractivity contribution in [3.05, 3.63) is 12.7 Å². The average Bonchev–Trinajstić information content (AvgIpc) is 3.01. The van der Waals surface area contributed by atoms with Crippen molar-refractivity contribution >= 4 is 24.8 Å². The van der Waals surface area contributed by atoms with Crippen LogP contribution in [0.15, 0.2) is 12.7 Å². The first-order valence-corrected chi connectivity index (χ1v) is 7.95. The van der Waals surface area contributed by atoms with E-state index >= 15 is 0 Å². The van der Waals surface area contributed by atoms with Gasteiger partial charge in [0, 0.05) is 0 Å². The molecule has 0 saturated carbocycles. The standard InChI is InChI=1S/C10H13N6O5P/c11-5-7-4(1-19-22(17,18)21-7)20-10(5)16-3-15-6-8(12)13-2-14-9(6)16/h2-5,7,10H,1,11H2,(H,17,18)(H2,12,13,14)/t4-,5-,7-,10-/m1/s1. The Kier molecular flexibility index (Phi) is 2.98. The molecule has 1 unspecified atom stereocenters. The Morgan fingerprint density at radius 1 is 1.41 bits per heavy atom. The molecule has 2 aliphatic rings. The van der Waals surface area contributed by atoms with Gasteiger partial charge in [-0.2, -0.15) is 0 Å². The molecule has 0 aliphatic carbocycles. The van der Waals surface area contributed by atoms with E-state index in [2.05, 4.69) is 15.0 Å². The van der Waals surface area contributed by atoms with Crippen LogP contribution in [0.3, 0.4) is 0 Å². The zero-order valence-corrected chi connectivity index (χ0v) is 12.0. The molecule has 0 radical (unpaired) electrons. The summed E-state index contributed by atoms with van der Waals surface area (Å²) in [5.41, 5.74) is 12.7. The van der Waals surface area contributed by atoms with Gasteiger partial charge in [0.25, 0.3) is 0 Å². The van der Waals surface area contributed by atoms with Gasteiger partial charge in [0.2, 0.25) is 0 Å². The van der Waals surface area contributed by atoms with E-state index in [0.717, 1.165) is 0 Å². The van der Waals surface area contributed by atoms with Crippen molar-refractivity contribution in [2.75, 3.05) is 12.3 Å². The summed E-state index contributed by atoms with van der Waals surface area (Å²) < 4.78 is 28.7. The van der Waals surface area contributed by atoms with Crippen molar-refractivity contribution in [2.24, 2.45) is 5.73 Å². The number of ether oxygens (including phenoxy) is 1. The third-order valence-corrected chi connectivity index (χ3v) is 4.69. The van der Waals surface area contributed by atoms with Gasteiger partial charge in [0.1, 0.15) is 24.1 Å². The third-order valence-electron chi connectivity index (χ3n) is 3.71. The highest BCUT2D eigenvalue weighted by Gasteiger charge is 2.51. The van der Waals surface area contributed by atoms with Crippen LogP contribution in [0.1, 0.15) is 6.23 Å². The molecule has 5 N–H and O–H groups in total. The number of phosphoric acid groups is 1. The molecule has 2 fully saturated rings. The zero-order chi connectivity index (χ0) is 15.5. The maximum atomic E-state index is 11.5. The number of phosphoric ester groups is 1. The number of anilines is 1. The molecule has 0 bridgehead atoms. The zero-order valence-electron chi connectivity index (χ0n) is 11.1. The Bertz CT molecular complexity index is 782. The van der Waals surface area contributed by atoms with Crippen LogP contribution in [0.2, 0.25) is 0 Å². The van der Waals surface area contributed by atoms with Gasteiger partial charge < -0.3 is 21.1 Å². The summed E-state index contributed by atoms with van der Waals surface area (Å²) in [5.74, 6) is 0.243. The quantitative estimate of drug-likeness (QED) is 0.562. The fourth-order valence-electron chi connectivity index (χ4n) is 2.69. The summed E-state index contributed by atoms with van der Waals surface area (Å²) in [5, 5.41) is 0. The predicted molar refractivity (Wildman–Crippen MR) is 72.3 cm³/mol. The van der Waals surface area contributed by atoms with Crippen molar-refractivity contribution in [1.82, 2.24) is 19.5 Å². The largest absolute Gasteiger partial charge is 0.472 e. The molecule has 118 valence electrons. The maximum Gasteiger partial charge on any atom is 0.472 e. The predicted octanol–water partition coefficient (Wildman–Crippen LogP) is -0.851. The van der Waals surface area contributed by atoms with Gasteiger partial charge in [-0.3, -0.25) is 13.6 Å². The van der Waals surface area contributed by atoms with Crippen molar-refractivity contribution in [1.29, 1.82) is 0 Å². The van der Waals surface area contributed by atoms with E-state index in [-0.39, 0.29) is 12.4 Å². The van der Waals surface area contributed by atoms with E-state index in [4.69, 9.17) is 25.3 Å². The van der Waals surface area contributed by atoms with Gasteiger partial charge in [0.05, 0.1) is 19.0 Å². The number of nitrogens with zero attached hydrogens (tertiary/aromatic N) is 4. The summed E-state index contributed by atoms with van der Waals surface area (Å²) in [6, 6.07) is -0.692. The molecule has 2 aromatic heterocycles. The van der Waals surface area contributed by atoms with E-state index in [1.165, 1.54) is 12.7 Å². The van der Waals surface area contributed by atoms with Crippen LogP contribution < -0.4 is 11.5 Å². The van der Waals surface area contributed by atoms with Gasteiger partial charge >= 0.3 is 7.82 Å². The molecule has 4 rings (SSSR count). The Hall–Kier alpha value is -1.62. The summed E-state index contributed by atoms with van der Waals surface area (Å²) >= 11 is 0. The molecule has 2 aromatic rings. The van der Waals surface area contributed by atoms with E-state index in [0.29, 0.717) is 11.2 Å². The Labute approximate surface area is 123 Å². The molecule has 0 amide bonds. The molecule has 5 atom stereocenters. The van der Waals surface area contributed by atoms with Crippen LogP contribution in [0.4, 0.5) is 5.82 Å². The first-order valence-electron chi connectivity index (χ1n) is 6.46. The molecule has 11 nitrogen and oxygen atoms in total. The molecule has 0 spiro atoms. The number of imidazole rings is 1. The highest BCUT2D eigenvalue weighted by atomic mass is 31.2. The lowest BCUT2D eigenvalue weighted by Crippen LogP contribution is -2.43. The van der Waals surface area contributed by atoms with Gasteiger partial charge in [-0.05, 0) is 0 Å². The Morgan fingerprint density at radius 3 is 3.05 bits per heavy atom.